The van der Waals surface area contributed by atoms with E-state index in [9.17, 15) is 18.3 Å². The maximum atomic E-state index is 12.9. The fourth-order valence-corrected chi connectivity index (χ4v) is 4.23. The van der Waals surface area contributed by atoms with Crippen molar-refractivity contribution in [3.05, 3.63) is 70.5 Å². The number of nitrogens with zero attached hydrogens (tertiary/aromatic N) is 1. The number of fused-ring (bicyclic) bond motifs is 1. The second-order valence-electron chi connectivity index (χ2n) is 5.95. The van der Waals surface area contributed by atoms with Crippen LogP contribution in [0.5, 0.6) is 5.75 Å². The number of hydrogen-bond acceptors (Lipinski definition) is 5. The van der Waals surface area contributed by atoms with Crippen LogP contribution in [-0.2, 0) is 16.6 Å². The van der Waals surface area contributed by atoms with Crippen molar-refractivity contribution >= 4 is 20.9 Å². The molecule has 0 bridgehead atoms. The van der Waals surface area contributed by atoms with Gasteiger partial charge in [-0.2, -0.15) is 4.31 Å². The van der Waals surface area contributed by atoms with Gasteiger partial charge in [0, 0.05) is 24.7 Å². The third-order valence-corrected chi connectivity index (χ3v) is 6.07. The number of rotatable bonds is 7. The molecule has 0 saturated heterocycles. The van der Waals surface area contributed by atoms with Crippen molar-refractivity contribution in [2.75, 3.05) is 20.3 Å². The van der Waals surface area contributed by atoms with Crippen LogP contribution in [0.15, 0.2) is 64.3 Å². The lowest BCUT2D eigenvalue weighted by atomic mass is 10.1. The molecule has 142 valence electrons. The van der Waals surface area contributed by atoms with Gasteiger partial charge in [0.05, 0.1) is 24.1 Å². The molecule has 0 unspecified atom stereocenters. The summed E-state index contributed by atoms with van der Waals surface area (Å²) in [6, 6.07) is 14.8. The molecule has 27 heavy (non-hydrogen) atoms. The van der Waals surface area contributed by atoms with Crippen molar-refractivity contribution in [2.24, 2.45) is 0 Å². The van der Waals surface area contributed by atoms with Crippen LogP contribution in [0.1, 0.15) is 5.56 Å². The normalized spacial score (nSPS) is 11.8. The zero-order valence-electron chi connectivity index (χ0n) is 14.8. The molecule has 2 aromatic carbocycles. The second-order valence-corrected chi connectivity index (χ2v) is 7.89. The molecular weight excluding hydrogens is 368 g/mol. The van der Waals surface area contributed by atoms with Gasteiger partial charge in [0.15, 0.2) is 0 Å². The monoisotopic (exact) mass is 388 g/mol. The molecule has 0 fully saturated rings. The summed E-state index contributed by atoms with van der Waals surface area (Å²) in [5, 5.41) is 10.1. The molecule has 0 aliphatic rings. The third-order valence-electron chi connectivity index (χ3n) is 4.21. The van der Waals surface area contributed by atoms with Crippen LogP contribution < -0.4 is 10.3 Å². The number of aliphatic hydroxyl groups is 1. The molecule has 1 aromatic heterocycles. The predicted molar refractivity (Wildman–Crippen MR) is 102 cm³/mol. The van der Waals surface area contributed by atoms with Crippen molar-refractivity contribution in [2.45, 2.75) is 11.4 Å². The van der Waals surface area contributed by atoms with Gasteiger partial charge in [0.1, 0.15) is 5.75 Å². The van der Waals surface area contributed by atoms with Gasteiger partial charge in [-0.3, -0.25) is 4.79 Å². The number of benzene rings is 2. The Bertz CT molecular complexity index is 1090. The highest BCUT2D eigenvalue weighted by Crippen LogP contribution is 2.21. The Morgan fingerprint density at radius 3 is 2.52 bits per heavy atom. The van der Waals surface area contributed by atoms with E-state index in [1.807, 2.05) is 0 Å². The highest BCUT2D eigenvalue weighted by atomic mass is 32.2. The molecule has 0 aliphatic heterocycles. The first-order valence-corrected chi connectivity index (χ1v) is 9.75. The Hall–Kier alpha value is -2.68. The van der Waals surface area contributed by atoms with Gasteiger partial charge in [-0.05, 0) is 35.7 Å². The van der Waals surface area contributed by atoms with Gasteiger partial charge in [0.25, 0.3) is 5.56 Å². The number of aromatic nitrogens is 1. The first-order valence-electron chi connectivity index (χ1n) is 8.31. The lowest BCUT2D eigenvalue weighted by Gasteiger charge is -2.21. The quantitative estimate of drug-likeness (QED) is 0.642. The van der Waals surface area contributed by atoms with Crippen LogP contribution in [0.2, 0.25) is 0 Å². The summed E-state index contributed by atoms with van der Waals surface area (Å²) in [5.41, 5.74) is 0.505. The minimum absolute atomic E-state index is 0.111. The fraction of sp³-hybridized carbons (Fsp3) is 0.211. The molecule has 0 radical (unpaired) electrons. The molecule has 0 atom stereocenters. The van der Waals surface area contributed by atoms with E-state index in [-0.39, 0.29) is 30.2 Å². The van der Waals surface area contributed by atoms with Gasteiger partial charge in [0.2, 0.25) is 10.0 Å². The van der Waals surface area contributed by atoms with Gasteiger partial charge in [-0.25, -0.2) is 8.42 Å². The van der Waals surface area contributed by atoms with Gasteiger partial charge >= 0.3 is 0 Å². The molecule has 0 spiro atoms. The summed E-state index contributed by atoms with van der Waals surface area (Å²) in [6.07, 6.45) is 0. The fourth-order valence-electron chi connectivity index (χ4n) is 2.80. The molecule has 0 saturated carbocycles. The van der Waals surface area contributed by atoms with Crippen LogP contribution in [0.25, 0.3) is 10.9 Å². The highest BCUT2D eigenvalue weighted by molar-refractivity contribution is 7.89. The first kappa shape index (κ1) is 19.1. The van der Waals surface area contributed by atoms with Crippen LogP contribution in [0.3, 0.4) is 0 Å². The maximum absolute atomic E-state index is 12.9. The predicted octanol–water partition coefficient (Wildman–Crippen LogP) is 1.72. The van der Waals surface area contributed by atoms with E-state index in [2.05, 4.69) is 4.98 Å². The molecule has 3 aromatic rings. The van der Waals surface area contributed by atoms with E-state index in [0.717, 1.165) is 9.69 Å². The van der Waals surface area contributed by atoms with Gasteiger partial charge < -0.3 is 14.8 Å². The molecule has 1 heterocycles. The summed E-state index contributed by atoms with van der Waals surface area (Å²) < 4.78 is 32.0. The molecule has 8 heteroatoms. The van der Waals surface area contributed by atoms with Gasteiger partial charge in [-0.1, -0.05) is 18.2 Å². The molecule has 0 aliphatic carbocycles. The summed E-state index contributed by atoms with van der Waals surface area (Å²) in [5.74, 6) is 0.611. The largest absolute Gasteiger partial charge is 0.497 e. The summed E-state index contributed by atoms with van der Waals surface area (Å²) >= 11 is 0. The van der Waals surface area contributed by atoms with Crippen LogP contribution in [0.4, 0.5) is 0 Å². The van der Waals surface area contributed by atoms with E-state index in [4.69, 9.17) is 4.74 Å². The Kier molecular flexibility index (Phi) is 5.59. The van der Waals surface area contributed by atoms with E-state index in [1.54, 1.807) is 42.5 Å². The Balaban J connectivity index is 2.00. The van der Waals surface area contributed by atoms with Crippen molar-refractivity contribution in [3.63, 3.8) is 0 Å². The second kappa shape index (κ2) is 7.91. The average molecular weight is 388 g/mol. The number of pyridine rings is 1. The van der Waals surface area contributed by atoms with Crippen molar-refractivity contribution in [1.82, 2.24) is 9.29 Å². The molecular formula is C19H20N2O5S. The summed E-state index contributed by atoms with van der Waals surface area (Å²) in [6.45, 7) is -0.610. The first-order chi connectivity index (χ1) is 13.0. The zero-order valence-corrected chi connectivity index (χ0v) is 15.6. The molecule has 2 N–H and O–H groups in total. The number of aromatic amines is 1. The van der Waals surface area contributed by atoms with Crippen molar-refractivity contribution < 1.29 is 18.3 Å². The van der Waals surface area contributed by atoms with Crippen molar-refractivity contribution in [1.29, 1.82) is 0 Å². The lowest BCUT2D eigenvalue weighted by Crippen LogP contribution is -2.35. The Morgan fingerprint density at radius 1 is 1.11 bits per heavy atom. The van der Waals surface area contributed by atoms with Crippen molar-refractivity contribution in [3.8, 4) is 5.75 Å². The SMILES string of the molecule is COc1ccc2cc(CN(CCO)S(=O)(=O)c3ccccc3)c(=O)[nH]c2c1. The van der Waals surface area contributed by atoms with Crippen LogP contribution in [0, 0.1) is 0 Å². The minimum Gasteiger partial charge on any atom is -0.497 e. The van der Waals surface area contributed by atoms with E-state index in [0.29, 0.717) is 16.8 Å². The van der Waals surface area contributed by atoms with E-state index in [1.165, 1.54) is 19.2 Å². The third kappa shape index (κ3) is 4.02. The zero-order chi connectivity index (χ0) is 19.4. The molecule has 3 rings (SSSR count). The topological polar surface area (TPSA) is 99.7 Å². The van der Waals surface area contributed by atoms with Crippen LogP contribution >= 0.6 is 0 Å². The Morgan fingerprint density at radius 2 is 1.85 bits per heavy atom. The number of ether oxygens (including phenoxy) is 1. The maximum Gasteiger partial charge on any atom is 0.252 e. The minimum atomic E-state index is -3.84. The number of H-pyrrole nitrogens is 1. The Labute approximate surface area is 156 Å². The lowest BCUT2D eigenvalue weighted by molar-refractivity contribution is 0.251. The summed E-state index contributed by atoms with van der Waals surface area (Å²) in [7, 11) is -2.31. The van der Waals surface area contributed by atoms with E-state index >= 15 is 0 Å². The average Bonchev–Trinajstić information content (AvgIpc) is 2.68. The van der Waals surface area contributed by atoms with Crippen LogP contribution in [-0.4, -0.2) is 43.1 Å². The van der Waals surface area contributed by atoms with E-state index < -0.39 is 10.0 Å². The smallest absolute Gasteiger partial charge is 0.252 e. The number of hydrogen-bond donors (Lipinski definition) is 2. The molecule has 7 nitrogen and oxygen atoms in total. The number of aliphatic hydroxyl groups excluding tert-OH is 1. The highest BCUT2D eigenvalue weighted by Gasteiger charge is 2.25. The number of sulfonamides is 1. The number of methoxy groups -OCH3 is 1. The summed E-state index contributed by atoms with van der Waals surface area (Å²) in [4.78, 5) is 15.3. The number of nitrogens with one attached hydrogen (secondary N) is 1. The standard InChI is InChI=1S/C19H20N2O5S/c1-26-16-8-7-14-11-15(19(23)20-18(14)12-16)13-21(9-10-22)27(24,25)17-5-3-2-4-6-17/h2-8,11-12,22H,9-10,13H2,1H3,(H,20,23). The molecule has 0 amide bonds. The van der Waals surface area contributed by atoms with Gasteiger partial charge in [-0.15, -0.1) is 0 Å².